The second-order valence-electron chi connectivity index (χ2n) is 17.4. The minimum absolute atomic E-state index is 0.0546. The summed E-state index contributed by atoms with van der Waals surface area (Å²) >= 11 is 0. The molecule has 11 atom stereocenters. The highest BCUT2D eigenvalue weighted by atomic mass is 16.5. The summed E-state index contributed by atoms with van der Waals surface area (Å²) in [5.41, 5.74) is 9.78. The smallest absolute Gasteiger partial charge is 0.115 e. The van der Waals surface area contributed by atoms with Gasteiger partial charge in [0.25, 0.3) is 0 Å². The van der Waals surface area contributed by atoms with Crippen LogP contribution in [0, 0.1) is 64.6 Å². The lowest BCUT2D eigenvalue weighted by Crippen LogP contribution is -2.84. The molecule has 6 aliphatic carbocycles. The zero-order valence-electron chi connectivity index (χ0n) is 28.0. The summed E-state index contributed by atoms with van der Waals surface area (Å²) in [4.78, 5) is 0. The first-order valence-corrected chi connectivity index (χ1v) is 18.8. The van der Waals surface area contributed by atoms with Crippen LogP contribution in [0.4, 0.5) is 0 Å². The Morgan fingerprint density at radius 1 is 1.00 bits per heavy atom. The van der Waals surface area contributed by atoms with E-state index in [2.05, 4.69) is 37.2 Å². The molecule has 7 fully saturated rings. The second-order valence-corrected chi connectivity index (χ2v) is 17.4. The molecule has 1 aromatic carbocycles. The van der Waals surface area contributed by atoms with Crippen LogP contribution in [-0.2, 0) is 17.6 Å². The fraction of sp³-hybridized carbons (Fsp3) is 0.800. The van der Waals surface area contributed by atoms with E-state index in [9.17, 15) is 10.2 Å². The molecular weight excluding hydrogens is 556 g/mol. The summed E-state index contributed by atoms with van der Waals surface area (Å²) in [5, 5.41) is 25.0. The number of fused-ring (bicyclic) bond motifs is 4. The van der Waals surface area contributed by atoms with E-state index in [0.717, 1.165) is 32.2 Å². The number of aliphatic hydroxyl groups excluding tert-OH is 1. The molecule has 0 unspecified atom stereocenters. The van der Waals surface area contributed by atoms with E-state index in [1.165, 1.54) is 81.8 Å². The molecule has 5 nitrogen and oxygen atoms in total. The molecule has 2 saturated heterocycles. The lowest BCUT2D eigenvalue weighted by atomic mass is 9.38. The molecule has 5 heteroatoms. The lowest BCUT2D eigenvalue weighted by Gasteiger charge is -2.75. The molecule has 5 N–H and O–H groups in total. The third kappa shape index (κ3) is 4.70. The maximum atomic E-state index is 11.0. The average molecular weight is 615 g/mol. The highest BCUT2D eigenvalue weighted by Gasteiger charge is 2.76. The van der Waals surface area contributed by atoms with Crippen LogP contribution in [0.5, 0.6) is 5.75 Å². The first-order chi connectivity index (χ1) is 21.7. The van der Waals surface area contributed by atoms with Crippen LogP contribution in [0.1, 0.15) is 108 Å². The van der Waals surface area contributed by atoms with Crippen molar-refractivity contribution in [2.75, 3.05) is 20.2 Å². The van der Waals surface area contributed by atoms with Crippen molar-refractivity contribution in [2.45, 2.75) is 126 Å². The summed E-state index contributed by atoms with van der Waals surface area (Å²) in [6.07, 6.45) is 19.1. The number of nitrogens with two attached hydrogens (primary N) is 1. The standard InChI is InChI=1S/C40H58N2O3/c1-37(31-9-5-7-26(18-31)24-42-2)36-30-11-13-32(25-43)40(36,41)35-10-6-8-28-20-34(44)14-12-29(28)17-27-19-33(39(35,22-30)45-37)23-38(21-27)15-3-4-16-38/h12,14,20,26-27,30-33,35-36,42-44H,3-5,7-9,11,13,15-19,21-25,41H2,1-2H3/t26-,27+,30-,31-,32+,33+,35+,36-,37+,39-,40+/m1/s1. The number of phenols is 1. The normalized spacial score (nSPS) is 46.4. The van der Waals surface area contributed by atoms with Gasteiger partial charge in [-0.25, -0.2) is 0 Å². The van der Waals surface area contributed by atoms with E-state index in [4.69, 9.17) is 10.5 Å². The molecule has 0 aromatic heterocycles. The fourth-order valence-electron chi connectivity index (χ4n) is 13.6. The molecule has 45 heavy (non-hydrogen) atoms. The number of benzene rings is 1. The molecule has 6 bridgehead atoms. The highest BCUT2D eigenvalue weighted by molar-refractivity contribution is 5.40. The Morgan fingerprint density at radius 3 is 2.64 bits per heavy atom. The number of aromatic hydroxyl groups is 1. The van der Waals surface area contributed by atoms with Crippen molar-refractivity contribution in [3.8, 4) is 17.6 Å². The predicted octanol–water partition coefficient (Wildman–Crippen LogP) is 6.38. The Bertz CT molecular complexity index is 1340. The topological polar surface area (TPSA) is 87.7 Å². The van der Waals surface area contributed by atoms with Crippen LogP contribution in [0.2, 0.25) is 0 Å². The Morgan fingerprint density at radius 2 is 1.84 bits per heavy atom. The van der Waals surface area contributed by atoms with Crippen molar-refractivity contribution in [2.24, 2.45) is 58.5 Å². The lowest BCUT2D eigenvalue weighted by molar-refractivity contribution is -0.362. The van der Waals surface area contributed by atoms with E-state index < -0.39 is 5.54 Å². The van der Waals surface area contributed by atoms with Gasteiger partial charge in [-0.2, -0.15) is 0 Å². The van der Waals surface area contributed by atoms with E-state index in [1.54, 1.807) is 0 Å². The van der Waals surface area contributed by atoms with Gasteiger partial charge in [-0.1, -0.05) is 37.2 Å². The van der Waals surface area contributed by atoms with Gasteiger partial charge >= 0.3 is 0 Å². The van der Waals surface area contributed by atoms with Gasteiger partial charge < -0.3 is 26.0 Å². The monoisotopic (exact) mass is 614 g/mol. The summed E-state index contributed by atoms with van der Waals surface area (Å²) in [6.45, 7) is 3.71. The van der Waals surface area contributed by atoms with Crippen molar-refractivity contribution in [1.29, 1.82) is 0 Å². The fourth-order valence-corrected chi connectivity index (χ4v) is 13.6. The van der Waals surface area contributed by atoms with E-state index in [1.807, 2.05) is 12.1 Å². The molecule has 2 aliphatic heterocycles. The van der Waals surface area contributed by atoms with Gasteiger partial charge in [0, 0.05) is 30.4 Å². The molecule has 5 saturated carbocycles. The first kappa shape index (κ1) is 30.7. The summed E-state index contributed by atoms with van der Waals surface area (Å²) in [5.74, 6) is 10.9. The maximum Gasteiger partial charge on any atom is 0.115 e. The number of rotatable bonds is 4. The van der Waals surface area contributed by atoms with E-state index in [-0.39, 0.29) is 35.6 Å². The minimum Gasteiger partial charge on any atom is -0.508 e. The van der Waals surface area contributed by atoms with Gasteiger partial charge in [0.2, 0.25) is 0 Å². The first-order valence-electron chi connectivity index (χ1n) is 18.8. The summed E-state index contributed by atoms with van der Waals surface area (Å²) in [6, 6.07) is 6.00. The van der Waals surface area contributed by atoms with Gasteiger partial charge in [-0.05, 0) is 156 Å². The SMILES string of the molecule is CNC[C@@H]1CCC[C@@H]([C@]2(C)O[C@@]34C[C@H]5CC[C@@H](CO)[C@@](N)([C@H]52)[C@H]3C#CCc2cc(O)ccc2C[C@H]2C[C@H]4CC3(CCCC3)C2)C1. The number of ether oxygens (including phenoxy) is 1. The van der Waals surface area contributed by atoms with Gasteiger partial charge in [-0.3, -0.25) is 0 Å². The van der Waals surface area contributed by atoms with Gasteiger partial charge in [0.05, 0.1) is 17.1 Å². The van der Waals surface area contributed by atoms with Crippen LogP contribution >= 0.6 is 0 Å². The zero-order chi connectivity index (χ0) is 31.0. The molecule has 1 aromatic rings. The third-order valence-corrected chi connectivity index (χ3v) is 15.1. The Kier molecular flexibility index (Phi) is 7.69. The number of aliphatic hydroxyl groups is 1. The highest BCUT2D eigenvalue weighted by Crippen LogP contribution is 2.71. The average Bonchev–Trinajstić information content (AvgIpc) is 3.46. The van der Waals surface area contributed by atoms with E-state index >= 15 is 0 Å². The van der Waals surface area contributed by atoms with Crippen molar-refractivity contribution in [1.82, 2.24) is 5.32 Å². The van der Waals surface area contributed by atoms with Gasteiger partial charge in [-0.15, -0.1) is 0 Å². The van der Waals surface area contributed by atoms with Crippen LogP contribution in [0.3, 0.4) is 0 Å². The third-order valence-electron chi connectivity index (χ3n) is 15.1. The molecule has 9 rings (SSSR count). The molecule has 2 heterocycles. The van der Waals surface area contributed by atoms with Gasteiger partial charge in [0.1, 0.15) is 5.75 Å². The maximum absolute atomic E-state index is 11.0. The van der Waals surface area contributed by atoms with Gasteiger partial charge in [0.15, 0.2) is 0 Å². The second kappa shape index (κ2) is 11.3. The molecule has 8 aliphatic rings. The van der Waals surface area contributed by atoms with Crippen LogP contribution in [0.15, 0.2) is 18.2 Å². The minimum atomic E-state index is -0.558. The van der Waals surface area contributed by atoms with E-state index in [0.29, 0.717) is 47.2 Å². The largest absolute Gasteiger partial charge is 0.508 e. The number of hydrogen-bond donors (Lipinski definition) is 4. The number of nitrogens with one attached hydrogen (secondary N) is 1. The molecular formula is C40H58N2O3. The Hall–Kier alpha value is -1.58. The van der Waals surface area contributed by atoms with Crippen LogP contribution in [0.25, 0.3) is 0 Å². The molecule has 0 amide bonds. The summed E-state index contributed by atoms with van der Waals surface area (Å²) < 4.78 is 8.06. The van der Waals surface area contributed by atoms with Crippen LogP contribution in [-0.4, -0.2) is 47.2 Å². The quantitative estimate of drug-likeness (QED) is 0.296. The molecule has 0 radical (unpaired) electrons. The number of hydrogen-bond acceptors (Lipinski definition) is 5. The zero-order valence-corrected chi connectivity index (χ0v) is 28.0. The number of phenolic OH excluding ortho intramolecular Hbond substituents is 1. The van der Waals surface area contributed by atoms with Crippen molar-refractivity contribution >= 4 is 0 Å². The van der Waals surface area contributed by atoms with Crippen LogP contribution < -0.4 is 11.1 Å². The van der Waals surface area contributed by atoms with Crippen molar-refractivity contribution < 1.29 is 14.9 Å². The van der Waals surface area contributed by atoms with Crippen molar-refractivity contribution in [3.63, 3.8) is 0 Å². The molecule has 246 valence electrons. The predicted molar refractivity (Wildman–Crippen MR) is 178 cm³/mol. The molecule has 2 spiro atoms. The Labute approximate surface area is 271 Å². The van der Waals surface area contributed by atoms with Crippen molar-refractivity contribution in [3.05, 3.63) is 29.3 Å². The Balaban J connectivity index is 1.30. The summed E-state index contributed by atoms with van der Waals surface area (Å²) in [7, 11) is 2.10.